The third-order valence-electron chi connectivity index (χ3n) is 4.54. The number of hydrogen-bond acceptors (Lipinski definition) is 5. The summed E-state index contributed by atoms with van der Waals surface area (Å²) in [5.74, 6) is 0.667. The maximum atomic E-state index is 12.3. The first kappa shape index (κ1) is 22.0. The summed E-state index contributed by atoms with van der Waals surface area (Å²) in [5.41, 5.74) is 6.51. The lowest BCUT2D eigenvalue weighted by molar-refractivity contribution is -0.118. The summed E-state index contributed by atoms with van der Waals surface area (Å²) in [6, 6.07) is 25.7. The van der Waals surface area contributed by atoms with Gasteiger partial charge in [0.25, 0.3) is 5.91 Å². The number of hydrazone groups is 1. The molecule has 0 bridgehead atoms. The van der Waals surface area contributed by atoms with Gasteiger partial charge in [0.05, 0.1) is 12.0 Å². The lowest BCUT2D eigenvalue weighted by Gasteiger charge is -2.10. The van der Waals surface area contributed by atoms with E-state index in [1.165, 1.54) is 17.3 Å². The van der Waals surface area contributed by atoms with E-state index < -0.39 is 0 Å². The molecule has 0 atom stereocenters. The van der Waals surface area contributed by atoms with Crippen molar-refractivity contribution in [3.8, 4) is 17.1 Å². The van der Waals surface area contributed by atoms with Crippen molar-refractivity contribution >= 4 is 39.8 Å². The predicted molar refractivity (Wildman–Crippen MR) is 132 cm³/mol. The molecule has 6 nitrogen and oxygen atoms in total. The lowest BCUT2D eigenvalue weighted by Crippen LogP contribution is -2.20. The van der Waals surface area contributed by atoms with Crippen LogP contribution in [-0.4, -0.2) is 32.6 Å². The molecule has 0 aliphatic heterocycles. The van der Waals surface area contributed by atoms with Crippen LogP contribution >= 0.6 is 27.7 Å². The molecule has 4 rings (SSSR count). The zero-order valence-corrected chi connectivity index (χ0v) is 19.7. The van der Waals surface area contributed by atoms with E-state index in [2.05, 4.69) is 36.7 Å². The minimum Gasteiger partial charge on any atom is -0.272 e. The van der Waals surface area contributed by atoms with Gasteiger partial charge in [0.15, 0.2) is 11.0 Å². The Kier molecular flexibility index (Phi) is 7.14. The molecule has 1 aromatic heterocycles. The first-order chi connectivity index (χ1) is 15.6. The monoisotopic (exact) mass is 505 g/mol. The summed E-state index contributed by atoms with van der Waals surface area (Å²) in [5, 5.41) is 13.4. The van der Waals surface area contributed by atoms with Crippen LogP contribution in [0.4, 0.5) is 0 Å². The number of benzene rings is 3. The molecule has 0 fully saturated rings. The topological polar surface area (TPSA) is 72.2 Å². The number of carbonyl (C=O) groups excluding carboxylic acids is 1. The largest absolute Gasteiger partial charge is 0.272 e. The Bertz CT molecular complexity index is 1240. The maximum absolute atomic E-state index is 12.3. The van der Waals surface area contributed by atoms with Gasteiger partial charge in [0.2, 0.25) is 0 Å². The molecule has 0 radical (unpaired) electrons. The first-order valence-corrected chi connectivity index (χ1v) is 11.7. The molecule has 0 unspecified atom stereocenters. The highest BCUT2D eigenvalue weighted by atomic mass is 79.9. The third kappa shape index (κ3) is 5.52. The van der Waals surface area contributed by atoms with Gasteiger partial charge in [-0.1, -0.05) is 87.9 Å². The van der Waals surface area contributed by atoms with Crippen LogP contribution in [0.25, 0.3) is 17.1 Å². The number of aryl methyl sites for hydroxylation is 1. The van der Waals surface area contributed by atoms with Gasteiger partial charge in [-0.05, 0) is 36.8 Å². The number of nitrogens with zero attached hydrogens (tertiary/aromatic N) is 4. The molecule has 8 heteroatoms. The van der Waals surface area contributed by atoms with E-state index in [1.54, 1.807) is 6.21 Å². The van der Waals surface area contributed by atoms with Crippen molar-refractivity contribution in [1.29, 1.82) is 0 Å². The summed E-state index contributed by atoms with van der Waals surface area (Å²) in [4.78, 5) is 12.3. The van der Waals surface area contributed by atoms with Crippen LogP contribution in [0.2, 0.25) is 0 Å². The number of hydrogen-bond donors (Lipinski definition) is 1. The van der Waals surface area contributed by atoms with Crippen LogP contribution in [0, 0.1) is 6.92 Å². The number of amides is 1. The second-order valence-electron chi connectivity index (χ2n) is 6.98. The molecule has 1 heterocycles. The highest BCUT2D eigenvalue weighted by molar-refractivity contribution is 9.10. The maximum Gasteiger partial charge on any atom is 0.250 e. The number of nitrogens with one attached hydrogen (secondary N) is 1. The summed E-state index contributed by atoms with van der Waals surface area (Å²) in [6.07, 6.45) is 1.61. The van der Waals surface area contributed by atoms with E-state index in [0.717, 1.165) is 27.1 Å². The summed E-state index contributed by atoms with van der Waals surface area (Å²) in [6.45, 7) is 2.04. The molecule has 32 heavy (non-hydrogen) atoms. The van der Waals surface area contributed by atoms with Crippen LogP contribution in [0.1, 0.15) is 11.1 Å². The predicted octanol–water partition coefficient (Wildman–Crippen LogP) is 5.25. The molecule has 0 saturated carbocycles. The van der Waals surface area contributed by atoms with Crippen LogP contribution < -0.4 is 5.43 Å². The molecule has 0 aliphatic carbocycles. The average molecular weight is 506 g/mol. The van der Waals surface area contributed by atoms with Gasteiger partial charge in [0, 0.05) is 15.7 Å². The Morgan fingerprint density at radius 2 is 1.84 bits per heavy atom. The van der Waals surface area contributed by atoms with E-state index in [1.807, 2.05) is 90.4 Å². The highest BCUT2D eigenvalue weighted by Crippen LogP contribution is 2.28. The number of halogens is 1. The number of carbonyl (C=O) groups is 1. The highest BCUT2D eigenvalue weighted by Gasteiger charge is 2.17. The van der Waals surface area contributed by atoms with Crippen molar-refractivity contribution in [2.45, 2.75) is 12.1 Å². The SMILES string of the molecule is Cc1ccc(-n2c(SCC(=O)N/N=C\c3cccc(Br)c3)nnc2-c2ccccc2)cc1. The minimum atomic E-state index is -0.221. The van der Waals surface area contributed by atoms with E-state index in [-0.39, 0.29) is 11.7 Å². The van der Waals surface area contributed by atoms with E-state index in [0.29, 0.717) is 5.16 Å². The summed E-state index contributed by atoms with van der Waals surface area (Å²) >= 11 is 4.73. The summed E-state index contributed by atoms with van der Waals surface area (Å²) in [7, 11) is 0. The standard InChI is InChI=1S/C24H20BrN5OS/c1-17-10-12-21(13-11-17)30-23(19-7-3-2-4-8-19)28-29-24(30)32-16-22(31)27-26-15-18-6-5-9-20(25)14-18/h2-15H,16H2,1H3,(H,27,31)/b26-15-. The summed E-state index contributed by atoms with van der Waals surface area (Å²) < 4.78 is 2.92. The average Bonchev–Trinajstić information content (AvgIpc) is 3.23. The second kappa shape index (κ2) is 10.4. The van der Waals surface area contributed by atoms with E-state index in [9.17, 15) is 4.79 Å². The fourth-order valence-corrected chi connectivity index (χ4v) is 4.15. The molecule has 4 aromatic rings. The zero-order chi connectivity index (χ0) is 22.3. The van der Waals surface area contributed by atoms with Gasteiger partial charge in [-0.15, -0.1) is 10.2 Å². The zero-order valence-electron chi connectivity index (χ0n) is 17.3. The molecular weight excluding hydrogens is 486 g/mol. The van der Waals surface area contributed by atoms with Gasteiger partial charge in [-0.25, -0.2) is 5.43 Å². The molecule has 0 aliphatic rings. The Morgan fingerprint density at radius 1 is 1.06 bits per heavy atom. The van der Waals surface area contributed by atoms with Gasteiger partial charge in [0.1, 0.15) is 0 Å². The third-order valence-corrected chi connectivity index (χ3v) is 5.96. The first-order valence-electron chi connectivity index (χ1n) is 9.88. The molecule has 160 valence electrons. The van der Waals surface area contributed by atoms with Crippen LogP contribution in [0.5, 0.6) is 0 Å². The van der Waals surface area contributed by atoms with Gasteiger partial charge in [-0.2, -0.15) is 5.10 Å². The Labute approximate surface area is 198 Å². The van der Waals surface area contributed by atoms with Crippen molar-refractivity contribution in [2.75, 3.05) is 5.75 Å². The van der Waals surface area contributed by atoms with Crippen LogP contribution in [-0.2, 0) is 4.79 Å². The number of aromatic nitrogens is 3. The lowest BCUT2D eigenvalue weighted by atomic mass is 10.2. The van der Waals surface area contributed by atoms with Crippen molar-refractivity contribution < 1.29 is 4.79 Å². The van der Waals surface area contributed by atoms with E-state index in [4.69, 9.17) is 0 Å². The Morgan fingerprint density at radius 3 is 2.59 bits per heavy atom. The fraction of sp³-hybridized carbons (Fsp3) is 0.0833. The minimum absolute atomic E-state index is 0.161. The quantitative estimate of drug-likeness (QED) is 0.211. The number of thioether (sulfide) groups is 1. The van der Waals surface area contributed by atoms with E-state index >= 15 is 0 Å². The normalized spacial score (nSPS) is 11.1. The molecular formula is C24H20BrN5OS. The van der Waals surface area contributed by atoms with Gasteiger partial charge < -0.3 is 0 Å². The van der Waals surface area contributed by atoms with Crippen molar-refractivity contribution in [3.63, 3.8) is 0 Å². The number of rotatable bonds is 7. The molecule has 0 spiro atoms. The van der Waals surface area contributed by atoms with Crippen molar-refractivity contribution in [2.24, 2.45) is 5.10 Å². The van der Waals surface area contributed by atoms with Crippen molar-refractivity contribution in [1.82, 2.24) is 20.2 Å². The molecule has 1 amide bonds. The Hall–Kier alpha value is -3.23. The molecule has 3 aromatic carbocycles. The van der Waals surface area contributed by atoms with Crippen LogP contribution in [0.15, 0.2) is 93.6 Å². The molecule has 0 saturated heterocycles. The Balaban J connectivity index is 1.50. The second-order valence-corrected chi connectivity index (χ2v) is 8.84. The van der Waals surface area contributed by atoms with Crippen molar-refractivity contribution in [3.05, 3.63) is 94.5 Å². The molecule has 1 N–H and O–H groups in total. The smallest absolute Gasteiger partial charge is 0.250 e. The van der Waals surface area contributed by atoms with Gasteiger partial charge in [-0.3, -0.25) is 9.36 Å². The van der Waals surface area contributed by atoms with Crippen LogP contribution in [0.3, 0.4) is 0 Å². The van der Waals surface area contributed by atoms with Gasteiger partial charge >= 0.3 is 0 Å². The fourth-order valence-electron chi connectivity index (χ4n) is 2.99.